The van der Waals surface area contributed by atoms with Crippen LogP contribution in [0.15, 0.2) is 18.2 Å². The molecule has 2 N–H and O–H groups in total. The van der Waals surface area contributed by atoms with Gasteiger partial charge >= 0.3 is 6.18 Å². The summed E-state index contributed by atoms with van der Waals surface area (Å²) in [5.41, 5.74) is -1.35. The fraction of sp³-hybridized carbons (Fsp3) is 0.286. The number of terminal acetylenes is 1. The van der Waals surface area contributed by atoms with Gasteiger partial charge in [0.1, 0.15) is 18.1 Å². The van der Waals surface area contributed by atoms with Gasteiger partial charge in [-0.05, 0) is 12.1 Å². The molecular weight excluding hydrogens is 323 g/mol. The topological polar surface area (TPSA) is 58.2 Å². The maximum absolute atomic E-state index is 13.5. The summed E-state index contributed by atoms with van der Waals surface area (Å²) in [5.74, 6) is -3.18. The van der Waals surface area contributed by atoms with E-state index in [1.807, 2.05) is 5.92 Å². The second-order valence-electron chi connectivity index (χ2n) is 4.34. The third kappa shape index (κ3) is 5.25. The van der Waals surface area contributed by atoms with Crippen LogP contribution in [0.4, 0.5) is 22.0 Å². The fourth-order valence-electron chi connectivity index (χ4n) is 1.67. The molecule has 0 saturated heterocycles. The number of carbonyl (C=O) groups is 2. The van der Waals surface area contributed by atoms with Crippen LogP contribution in [0.2, 0.25) is 0 Å². The molecule has 0 heterocycles. The summed E-state index contributed by atoms with van der Waals surface area (Å²) in [7, 11) is 0. The minimum Gasteiger partial charge on any atom is -0.345 e. The van der Waals surface area contributed by atoms with Crippen molar-refractivity contribution in [3.05, 3.63) is 35.4 Å². The molecule has 2 amide bonds. The maximum Gasteiger partial charge on any atom is 0.413 e. The first-order chi connectivity index (χ1) is 10.7. The molecule has 0 aromatic heterocycles. The lowest BCUT2D eigenvalue weighted by molar-refractivity contribution is -0.165. The van der Waals surface area contributed by atoms with Gasteiger partial charge in [0, 0.05) is 0 Å². The fourth-order valence-corrected chi connectivity index (χ4v) is 1.67. The Morgan fingerprint density at radius 2 is 1.74 bits per heavy atom. The highest BCUT2D eigenvalue weighted by atomic mass is 19.4. The van der Waals surface area contributed by atoms with Gasteiger partial charge in [0.15, 0.2) is 6.04 Å². The molecule has 23 heavy (non-hydrogen) atoms. The Bertz CT molecular complexity index is 617. The quantitative estimate of drug-likeness (QED) is 0.490. The molecule has 0 spiro atoms. The highest BCUT2D eigenvalue weighted by Gasteiger charge is 2.44. The van der Waals surface area contributed by atoms with Crippen molar-refractivity contribution >= 4 is 11.8 Å². The molecule has 0 bridgehead atoms. The average molecular weight is 334 g/mol. The van der Waals surface area contributed by atoms with Crippen LogP contribution in [0.3, 0.4) is 0 Å². The largest absolute Gasteiger partial charge is 0.413 e. The highest BCUT2D eigenvalue weighted by molar-refractivity contribution is 5.97. The molecule has 1 aromatic carbocycles. The number of halogens is 5. The molecule has 0 fully saturated rings. The van der Waals surface area contributed by atoms with Crippen molar-refractivity contribution in [2.45, 2.75) is 18.6 Å². The van der Waals surface area contributed by atoms with Crippen LogP contribution < -0.4 is 10.6 Å². The van der Waals surface area contributed by atoms with Gasteiger partial charge in [-0.15, -0.1) is 6.42 Å². The van der Waals surface area contributed by atoms with Gasteiger partial charge in [0.05, 0.1) is 12.1 Å². The van der Waals surface area contributed by atoms with E-state index in [0.717, 1.165) is 6.07 Å². The summed E-state index contributed by atoms with van der Waals surface area (Å²) in [4.78, 5) is 22.7. The number of hydrogen-bond acceptors (Lipinski definition) is 2. The lowest BCUT2D eigenvalue weighted by atomic mass is 10.0. The zero-order valence-corrected chi connectivity index (χ0v) is 11.5. The van der Waals surface area contributed by atoms with Gasteiger partial charge in [-0.25, -0.2) is 8.78 Å². The van der Waals surface area contributed by atoms with Gasteiger partial charge in [-0.2, -0.15) is 13.2 Å². The second-order valence-corrected chi connectivity index (χ2v) is 4.34. The summed E-state index contributed by atoms with van der Waals surface area (Å²) < 4.78 is 66.0. The van der Waals surface area contributed by atoms with Crippen LogP contribution in [0.25, 0.3) is 0 Å². The van der Waals surface area contributed by atoms with Crippen molar-refractivity contribution < 1.29 is 31.5 Å². The first-order valence-corrected chi connectivity index (χ1v) is 6.17. The molecule has 0 aliphatic heterocycles. The number of alkyl halides is 3. The number of amides is 2. The molecule has 9 heteroatoms. The van der Waals surface area contributed by atoms with Gasteiger partial charge in [0.2, 0.25) is 11.8 Å². The number of nitrogens with one attached hydrogen (secondary N) is 2. The van der Waals surface area contributed by atoms with Crippen LogP contribution in [0.5, 0.6) is 0 Å². The SMILES string of the molecule is C#CCNC(=O)CC(=O)N[C@@H](c1c(F)cccc1F)C(F)(F)F. The van der Waals surface area contributed by atoms with E-state index in [4.69, 9.17) is 6.42 Å². The van der Waals surface area contributed by atoms with E-state index in [1.54, 1.807) is 0 Å². The monoisotopic (exact) mass is 334 g/mol. The highest BCUT2D eigenvalue weighted by Crippen LogP contribution is 2.35. The normalized spacial score (nSPS) is 12.2. The van der Waals surface area contributed by atoms with Gasteiger partial charge < -0.3 is 10.6 Å². The molecule has 1 atom stereocenters. The Morgan fingerprint density at radius 1 is 1.17 bits per heavy atom. The van der Waals surface area contributed by atoms with Gasteiger partial charge in [0.25, 0.3) is 0 Å². The van der Waals surface area contributed by atoms with Crippen molar-refractivity contribution in [2.75, 3.05) is 6.54 Å². The van der Waals surface area contributed by atoms with E-state index in [2.05, 4.69) is 5.32 Å². The van der Waals surface area contributed by atoms with Crippen molar-refractivity contribution in [1.82, 2.24) is 10.6 Å². The van der Waals surface area contributed by atoms with Gasteiger partial charge in [-0.1, -0.05) is 12.0 Å². The zero-order chi connectivity index (χ0) is 17.6. The Hall–Kier alpha value is -2.63. The maximum atomic E-state index is 13.5. The van der Waals surface area contributed by atoms with Crippen LogP contribution in [-0.2, 0) is 9.59 Å². The molecule has 0 aliphatic rings. The average Bonchev–Trinajstić information content (AvgIpc) is 2.42. The molecule has 4 nitrogen and oxygen atoms in total. The molecule has 0 aliphatic carbocycles. The van der Waals surface area contributed by atoms with E-state index in [9.17, 15) is 31.5 Å². The first kappa shape index (κ1) is 18.4. The predicted octanol–water partition coefficient (Wildman–Crippen LogP) is 1.82. The molecule has 0 radical (unpaired) electrons. The lowest BCUT2D eigenvalue weighted by Gasteiger charge is -2.22. The Morgan fingerprint density at radius 3 is 2.22 bits per heavy atom. The number of hydrogen-bond donors (Lipinski definition) is 2. The van der Waals surface area contributed by atoms with Crippen molar-refractivity contribution in [1.29, 1.82) is 0 Å². The molecule has 1 rings (SSSR count). The zero-order valence-electron chi connectivity index (χ0n) is 11.5. The summed E-state index contributed by atoms with van der Waals surface area (Å²) in [6.07, 6.45) is -1.27. The third-order valence-corrected chi connectivity index (χ3v) is 2.63. The standard InChI is InChI=1S/C14H11F5N2O2/c1-2-6-20-10(22)7-11(23)21-13(14(17,18)19)12-8(15)4-3-5-9(12)16/h1,3-5,13H,6-7H2,(H,20,22)(H,21,23)/t13-/m0/s1. The van der Waals surface area contributed by atoms with E-state index in [1.165, 1.54) is 5.32 Å². The smallest absolute Gasteiger partial charge is 0.345 e. The van der Waals surface area contributed by atoms with Crippen molar-refractivity contribution in [3.63, 3.8) is 0 Å². The molecular formula is C14H11F5N2O2. The van der Waals surface area contributed by atoms with Crippen LogP contribution in [0.1, 0.15) is 18.0 Å². The third-order valence-electron chi connectivity index (χ3n) is 2.63. The van der Waals surface area contributed by atoms with Crippen LogP contribution >= 0.6 is 0 Å². The lowest BCUT2D eigenvalue weighted by Crippen LogP contribution is -2.41. The minimum absolute atomic E-state index is 0.212. The van der Waals surface area contributed by atoms with Crippen molar-refractivity contribution in [2.24, 2.45) is 0 Å². The Kier molecular flexibility index (Phi) is 6.07. The minimum atomic E-state index is -5.16. The first-order valence-electron chi connectivity index (χ1n) is 6.17. The summed E-state index contributed by atoms with van der Waals surface area (Å²) in [6, 6.07) is -0.778. The Labute approximate surface area is 128 Å². The molecule has 0 saturated carbocycles. The number of rotatable bonds is 5. The van der Waals surface area contributed by atoms with E-state index >= 15 is 0 Å². The van der Waals surface area contributed by atoms with E-state index in [0.29, 0.717) is 12.1 Å². The summed E-state index contributed by atoms with van der Waals surface area (Å²) >= 11 is 0. The number of carbonyl (C=O) groups excluding carboxylic acids is 2. The van der Waals surface area contributed by atoms with Crippen LogP contribution in [0, 0.1) is 24.0 Å². The Balaban J connectivity index is 2.96. The summed E-state index contributed by atoms with van der Waals surface area (Å²) in [5, 5.41) is 3.48. The molecule has 1 aromatic rings. The van der Waals surface area contributed by atoms with E-state index < -0.39 is 47.7 Å². The predicted molar refractivity (Wildman–Crippen MR) is 69.8 cm³/mol. The summed E-state index contributed by atoms with van der Waals surface area (Å²) in [6.45, 7) is -0.212. The molecule has 124 valence electrons. The van der Waals surface area contributed by atoms with E-state index in [-0.39, 0.29) is 6.54 Å². The van der Waals surface area contributed by atoms with Gasteiger partial charge in [-0.3, -0.25) is 9.59 Å². The molecule has 0 unspecified atom stereocenters. The van der Waals surface area contributed by atoms with Crippen LogP contribution in [-0.4, -0.2) is 24.5 Å². The van der Waals surface area contributed by atoms with Crippen molar-refractivity contribution in [3.8, 4) is 12.3 Å². The number of benzene rings is 1. The second kappa shape index (κ2) is 7.58.